The molecule has 25 heavy (non-hydrogen) atoms. The largest absolute Gasteiger partial charge is 0.378 e. The number of anilines is 1. The van der Waals surface area contributed by atoms with Gasteiger partial charge in [-0.2, -0.15) is 14.6 Å². The molecule has 132 valence electrons. The molecule has 0 aliphatic carbocycles. The molecule has 1 N–H and O–H groups in total. The summed E-state index contributed by atoms with van der Waals surface area (Å²) in [5.74, 6) is 3.92. The molecule has 0 bridgehead atoms. The third-order valence-corrected chi connectivity index (χ3v) is 4.44. The molecule has 0 fully saturated rings. The van der Waals surface area contributed by atoms with E-state index in [-0.39, 0.29) is 6.04 Å². The Morgan fingerprint density at radius 2 is 2.24 bits per heavy atom. The molecule has 0 saturated heterocycles. The van der Waals surface area contributed by atoms with Gasteiger partial charge in [-0.05, 0) is 6.42 Å². The van der Waals surface area contributed by atoms with Gasteiger partial charge in [0.05, 0.1) is 12.3 Å². The zero-order chi connectivity index (χ0) is 17.4. The van der Waals surface area contributed by atoms with Crippen LogP contribution in [0.25, 0.3) is 5.78 Å². The van der Waals surface area contributed by atoms with Crippen molar-refractivity contribution in [2.45, 2.75) is 51.8 Å². The summed E-state index contributed by atoms with van der Waals surface area (Å²) in [6.07, 6.45) is 3.42. The molecule has 1 aliphatic heterocycles. The van der Waals surface area contributed by atoms with Gasteiger partial charge < -0.3 is 14.6 Å². The van der Waals surface area contributed by atoms with Gasteiger partial charge in [-0.3, -0.25) is 0 Å². The SMILES string of the molecule is COCc1cc(NC2CCc3nnc(C(C)C)n3C2)n2ncnc2n1. The molecule has 4 rings (SSSR count). The molecule has 0 spiro atoms. The van der Waals surface area contributed by atoms with E-state index in [1.54, 1.807) is 11.6 Å². The Morgan fingerprint density at radius 3 is 3.04 bits per heavy atom. The highest BCUT2D eigenvalue weighted by molar-refractivity contribution is 5.45. The van der Waals surface area contributed by atoms with Crippen molar-refractivity contribution in [3.63, 3.8) is 0 Å². The van der Waals surface area contributed by atoms with Crippen LogP contribution in [0.5, 0.6) is 0 Å². The van der Waals surface area contributed by atoms with E-state index in [1.165, 1.54) is 6.33 Å². The third-order valence-electron chi connectivity index (χ3n) is 4.44. The van der Waals surface area contributed by atoms with Gasteiger partial charge in [-0.25, -0.2) is 4.98 Å². The van der Waals surface area contributed by atoms with Crippen molar-refractivity contribution in [1.82, 2.24) is 34.3 Å². The summed E-state index contributed by atoms with van der Waals surface area (Å²) in [4.78, 5) is 8.64. The number of fused-ring (bicyclic) bond motifs is 2. The molecular formula is C16H22N8O. The van der Waals surface area contributed by atoms with Crippen molar-refractivity contribution in [2.24, 2.45) is 0 Å². The maximum absolute atomic E-state index is 5.21. The van der Waals surface area contributed by atoms with Crippen molar-refractivity contribution in [2.75, 3.05) is 12.4 Å². The Hall–Kier alpha value is -2.55. The molecule has 4 heterocycles. The highest BCUT2D eigenvalue weighted by Gasteiger charge is 2.24. The molecule has 1 unspecified atom stereocenters. The average molecular weight is 342 g/mol. The van der Waals surface area contributed by atoms with Gasteiger partial charge in [0.1, 0.15) is 23.8 Å². The van der Waals surface area contributed by atoms with E-state index in [9.17, 15) is 0 Å². The van der Waals surface area contributed by atoms with Crippen LogP contribution in [0.2, 0.25) is 0 Å². The smallest absolute Gasteiger partial charge is 0.254 e. The van der Waals surface area contributed by atoms with Gasteiger partial charge in [-0.1, -0.05) is 13.8 Å². The van der Waals surface area contributed by atoms with Gasteiger partial charge in [0.25, 0.3) is 5.78 Å². The van der Waals surface area contributed by atoms with Gasteiger partial charge in [0.15, 0.2) is 0 Å². The second-order valence-electron chi connectivity index (χ2n) is 6.66. The molecule has 1 atom stereocenters. The maximum Gasteiger partial charge on any atom is 0.254 e. The van der Waals surface area contributed by atoms with Crippen LogP contribution in [0.15, 0.2) is 12.4 Å². The molecule has 0 aromatic carbocycles. The number of rotatable bonds is 5. The van der Waals surface area contributed by atoms with Crippen molar-refractivity contribution >= 4 is 11.6 Å². The van der Waals surface area contributed by atoms with Crippen LogP contribution in [0.4, 0.5) is 5.82 Å². The predicted octanol–water partition coefficient (Wildman–Crippen LogP) is 1.41. The lowest BCUT2D eigenvalue weighted by Crippen LogP contribution is -2.33. The van der Waals surface area contributed by atoms with Gasteiger partial charge >= 0.3 is 0 Å². The summed E-state index contributed by atoms with van der Waals surface area (Å²) in [6, 6.07) is 2.24. The fourth-order valence-corrected chi connectivity index (χ4v) is 3.29. The molecule has 3 aromatic heterocycles. The van der Waals surface area contributed by atoms with Gasteiger partial charge in [0.2, 0.25) is 0 Å². The average Bonchev–Trinajstić information content (AvgIpc) is 3.21. The quantitative estimate of drug-likeness (QED) is 0.749. The first kappa shape index (κ1) is 15.9. The number of hydrogen-bond acceptors (Lipinski definition) is 7. The van der Waals surface area contributed by atoms with E-state index in [2.05, 4.69) is 49.0 Å². The monoisotopic (exact) mass is 342 g/mol. The molecule has 3 aromatic rings. The number of aryl methyl sites for hydroxylation is 1. The first-order valence-corrected chi connectivity index (χ1v) is 8.53. The minimum Gasteiger partial charge on any atom is -0.378 e. The molecule has 0 radical (unpaired) electrons. The van der Waals surface area contributed by atoms with E-state index in [1.807, 2.05) is 6.07 Å². The second kappa shape index (κ2) is 6.40. The Balaban J connectivity index is 1.61. The number of nitrogens with one attached hydrogen (secondary N) is 1. The third kappa shape index (κ3) is 2.95. The Kier molecular flexibility index (Phi) is 4.08. The highest BCUT2D eigenvalue weighted by Crippen LogP contribution is 2.22. The standard InChI is InChI=1S/C16H22N8O/c1-10(2)15-22-21-13-5-4-11(7-23(13)15)19-14-6-12(8-25-3)20-16-17-9-18-24(14)16/h6,9-11,19H,4-5,7-8H2,1-3H3. The minimum atomic E-state index is 0.270. The van der Waals surface area contributed by atoms with Crippen LogP contribution in [0.3, 0.4) is 0 Å². The zero-order valence-electron chi connectivity index (χ0n) is 14.7. The number of nitrogens with zero attached hydrogens (tertiary/aromatic N) is 7. The predicted molar refractivity (Wildman–Crippen MR) is 91.3 cm³/mol. The van der Waals surface area contributed by atoms with Crippen molar-refractivity contribution in [3.8, 4) is 0 Å². The molecule has 0 saturated carbocycles. The lowest BCUT2D eigenvalue weighted by molar-refractivity contribution is 0.181. The Labute approximate surface area is 145 Å². The Bertz CT molecular complexity index is 884. The van der Waals surface area contributed by atoms with Crippen LogP contribution in [-0.4, -0.2) is 47.5 Å². The van der Waals surface area contributed by atoms with Gasteiger partial charge in [0, 0.05) is 38.1 Å². The first-order valence-electron chi connectivity index (χ1n) is 8.53. The second-order valence-corrected chi connectivity index (χ2v) is 6.66. The first-order chi connectivity index (χ1) is 12.2. The van der Waals surface area contributed by atoms with E-state index in [0.29, 0.717) is 18.3 Å². The number of ether oxygens (including phenoxy) is 1. The normalized spacial score (nSPS) is 17.2. The molecule has 1 aliphatic rings. The summed E-state index contributed by atoms with van der Waals surface area (Å²) < 4.78 is 9.17. The summed E-state index contributed by atoms with van der Waals surface area (Å²) in [6.45, 7) is 5.57. The van der Waals surface area contributed by atoms with E-state index in [4.69, 9.17) is 4.74 Å². The number of hydrogen-bond donors (Lipinski definition) is 1. The lowest BCUT2D eigenvalue weighted by atomic mass is 10.1. The highest BCUT2D eigenvalue weighted by atomic mass is 16.5. The maximum atomic E-state index is 5.21. The number of aromatic nitrogens is 7. The summed E-state index contributed by atoms with van der Waals surface area (Å²) >= 11 is 0. The van der Waals surface area contributed by atoms with Crippen LogP contribution >= 0.6 is 0 Å². The summed E-state index contributed by atoms with van der Waals surface area (Å²) in [5.41, 5.74) is 0.828. The summed E-state index contributed by atoms with van der Waals surface area (Å²) in [5, 5.41) is 16.5. The van der Waals surface area contributed by atoms with Crippen molar-refractivity contribution < 1.29 is 4.74 Å². The zero-order valence-corrected chi connectivity index (χ0v) is 14.7. The van der Waals surface area contributed by atoms with Crippen LogP contribution in [0.1, 0.15) is 43.5 Å². The fraction of sp³-hybridized carbons (Fsp3) is 0.562. The summed E-state index contributed by atoms with van der Waals surface area (Å²) in [7, 11) is 1.66. The van der Waals surface area contributed by atoms with Crippen molar-refractivity contribution in [3.05, 3.63) is 29.7 Å². The van der Waals surface area contributed by atoms with Crippen LogP contribution < -0.4 is 5.32 Å². The minimum absolute atomic E-state index is 0.270. The number of methoxy groups -OCH3 is 1. The van der Waals surface area contributed by atoms with E-state index >= 15 is 0 Å². The topological polar surface area (TPSA) is 95.0 Å². The molecule has 9 heteroatoms. The Morgan fingerprint density at radius 1 is 1.36 bits per heavy atom. The molecule has 0 amide bonds. The molecule has 9 nitrogen and oxygen atoms in total. The van der Waals surface area contributed by atoms with Crippen molar-refractivity contribution in [1.29, 1.82) is 0 Å². The van der Waals surface area contributed by atoms with Crippen LogP contribution in [0, 0.1) is 0 Å². The van der Waals surface area contributed by atoms with Crippen LogP contribution in [-0.2, 0) is 24.3 Å². The van der Waals surface area contributed by atoms with E-state index in [0.717, 1.165) is 42.5 Å². The molecular weight excluding hydrogens is 320 g/mol. The van der Waals surface area contributed by atoms with E-state index < -0.39 is 0 Å². The fourth-order valence-electron chi connectivity index (χ4n) is 3.29. The van der Waals surface area contributed by atoms with Gasteiger partial charge in [-0.15, -0.1) is 10.2 Å². The lowest BCUT2D eigenvalue weighted by Gasteiger charge is -2.26.